The second kappa shape index (κ2) is 5.30. The van der Waals surface area contributed by atoms with Crippen molar-refractivity contribution >= 4 is 34.3 Å². The number of hydrogen-bond donors (Lipinski definition) is 0. The van der Waals surface area contributed by atoms with Gasteiger partial charge in [0.1, 0.15) is 0 Å². The van der Waals surface area contributed by atoms with Crippen LogP contribution in [0.25, 0.3) is 11.1 Å². The summed E-state index contributed by atoms with van der Waals surface area (Å²) in [6.07, 6.45) is 0. The van der Waals surface area contributed by atoms with Crippen molar-refractivity contribution in [1.82, 2.24) is 10.1 Å². The van der Waals surface area contributed by atoms with E-state index in [9.17, 15) is 4.79 Å². The summed E-state index contributed by atoms with van der Waals surface area (Å²) in [5, 5.41) is 5.32. The molecule has 0 saturated heterocycles. The minimum Gasteiger partial charge on any atom is -0.336 e. The van der Waals surface area contributed by atoms with Gasteiger partial charge in [-0.25, -0.2) is 4.98 Å². The highest BCUT2D eigenvalue weighted by Crippen LogP contribution is 2.45. The van der Waals surface area contributed by atoms with Gasteiger partial charge in [-0.3, -0.25) is 4.79 Å². The molecular weight excluding hydrogens is 338 g/mol. The molecule has 5 nitrogen and oxygen atoms in total. The molecule has 0 radical (unpaired) electrons. The molecule has 0 N–H and O–H groups in total. The SMILES string of the molecule is Cc1cc(C(=O)N2CC(C)(C)c3c(Cl)cccc32)c2c(C)noc2n1. The largest absolute Gasteiger partial charge is 0.336 e. The van der Waals surface area contributed by atoms with Gasteiger partial charge < -0.3 is 9.42 Å². The molecule has 128 valence electrons. The zero-order valence-corrected chi connectivity index (χ0v) is 15.3. The lowest BCUT2D eigenvalue weighted by molar-refractivity contribution is 0.0987. The summed E-state index contributed by atoms with van der Waals surface area (Å²) >= 11 is 6.43. The maximum atomic E-state index is 13.4. The Bertz CT molecular complexity index is 1020. The van der Waals surface area contributed by atoms with Gasteiger partial charge in [0.15, 0.2) is 0 Å². The molecule has 0 unspecified atom stereocenters. The van der Waals surface area contributed by atoms with E-state index in [1.54, 1.807) is 11.0 Å². The van der Waals surface area contributed by atoms with Gasteiger partial charge in [-0.15, -0.1) is 0 Å². The van der Waals surface area contributed by atoms with Crippen molar-refractivity contribution in [3.63, 3.8) is 0 Å². The van der Waals surface area contributed by atoms with Crippen molar-refractivity contribution in [3.8, 4) is 0 Å². The quantitative estimate of drug-likeness (QED) is 0.647. The van der Waals surface area contributed by atoms with Crippen molar-refractivity contribution in [2.75, 3.05) is 11.4 Å². The van der Waals surface area contributed by atoms with Crippen LogP contribution in [0, 0.1) is 13.8 Å². The molecule has 4 rings (SSSR count). The standard InChI is InChI=1S/C19H18ClN3O2/c1-10-8-12(15-11(2)22-25-17(15)21-10)18(24)23-9-19(3,4)16-13(20)6-5-7-14(16)23/h5-8H,9H2,1-4H3. The van der Waals surface area contributed by atoms with Gasteiger partial charge in [-0.05, 0) is 32.0 Å². The Hall–Kier alpha value is -2.40. The average Bonchev–Trinajstić information content (AvgIpc) is 3.04. The smallest absolute Gasteiger partial charge is 0.259 e. The number of pyridine rings is 1. The molecule has 3 aromatic rings. The first-order valence-corrected chi connectivity index (χ1v) is 8.52. The van der Waals surface area contributed by atoms with Crippen LogP contribution in [0.15, 0.2) is 28.8 Å². The fraction of sp³-hybridized carbons (Fsp3) is 0.316. The third-order valence-corrected chi connectivity index (χ3v) is 5.05. The van der Waals surface area contributed by atoms with Gasteiger partial charge in [-0.2, -0.15) is 0 Å². The van der Waals surface area contributed by atoms with Gasteiger partial charge in [0.2, 0.25) is 0 Å². The van der Waals surface area contributed by atoms with Crippen molar-refractivity contribution < 1.29 is 9.32 Å². The fourth-order valence-corrected chi connectivity index (χ4v) is 4.11. The highest BCUT2D eigenvalue weighted by molar-refractivity contribution is 6.32. The summed E-state index contributed by atoms with van der Waals surface area (Å²) < 4.78 is 5.26. The molecular formula is C19H18ClN3O2. The number of carbonyl (C=O) groups excluding carboxylic acids is 1. The number of carbonyl (C=O) groups is 1. The molecule has 0 fully saturated rings. The molecule has 1 aromatic carbocycles. The van der Waals surface area contributed by atoms with Crippen molar-refractivity contribution in [2.45, 2.75) is 33.1 Å². The van der Waals surface area contributed by atoms with E-state index in [0.717, 1.165) is 16.9 Å². The van der Waals surface area contributed by atoms with Crippen LogP contribution in [0.3, 0.4) is 0 Å². The Morgan fingerprint density at radius 3 is 2.84 bits per heavy atom. The van der Waals surface area contributed by atoms with Crippen LogP contribution in [0.2, 0.25) is 5.02 Å². The number of benzene rings is 1. The number of rotatable bonds is 1. The minimum atomic E-state index is -0.214. The van der Waals surface area contributed by atoms with Crippen LogP contribution < -0.4 is 4.90 Å². The lowest BCUT2D eigenvalue weighted by Gasteiger charge is -2.21. The average molecular weight is 356 g/mol. The van der Waals surface area contributed by atoms with Crippen LogP contribution in [0.1, 0.15) is 41.2 Å². The monoisotopic (exact) mass is 355 g/mol. The van der Waals surface area contributed by atoms with Gasteiger partial charge in [0.05, 0.1) is 16.6 Å². The molecule has 0 bridgehead atoms. The topological polar surface area (TPSA) is 59.2 Å². The summed E-state index contributed by atoms with van der Waals surface area (Å²) in [6, 6.07) is 7.49. The van der Waals surface area contributed by atoms with Gasteiger partial charge in [0, 0.05) is 33.9 Å². The third-order valence-electron chi connectivity index (χ3n) is 4.73. The molecule has 1 aliphatic heterocycles. The Labute approximate surface area is 150 Å². The number of anilines is 1. The molecule has 1 amide bonds. The van der Waals surface area contributed by atoms with Gasteiger partial charge in [0.25, 0.3) is 11.6 Å². The van der Waals surface area contributed by atoms with Crippen LogP contribution in [0.5, 0.6) is 0 Å². The number of hydrogen-bond acceptors (Lipinski definition) is 4. The van der Waals surface area contributed by atoms with E-state index in [1.807, 2.05) is 32.0 Å². The maximum absolute atomic E-state index is 13.4. The first kappa shape index (κ1) is 16.1. The zero-order chi connectivity index (χ0) is 17.9. The second-order valence-electron chi connectivity index (χ2n) is 7.17. The van der Waals surface area contributed by atoms with Gasteiger partial charge in [-0.1, -0.05) is 36.7 Å². The maximum Gasteiger partial charge on any atom is 0.259 e. The Morgan fingerprint density at radius 2 is 2.08 bits per heavy atom. The molecule has 3 heterocycles. The van der Waals surface area contributed by atoms with Crippen LogP contribution >= 0.6 is 11.6 Å². The molecule has 1 aliphatic rings. The first-order valence-electron chi connectivity index (χ1n) is 8.14. The summed E-state index contributed by atoms with van der Waals surface area (Å²) in [5.41, 5.74) is 3.99. The summed E-state index contributed by atoms with van der Waals surface area (Å²) in [6.45, 7) is 8.43. The minimum absolute atomic E-state index is 0.0871. The van der Waals surface area contributed by atoms with E-state index in [1.165, 1.54) is 0 Å². The van der Waals surface area contributed by atoms with E-state index < -0.39 is 0 Å². The fourth-order valence-electron chi connectivity index (χ4n) is 3.68. The number of fused-ring (bicyclic) bond motifs is 2. The number of halogens is 1. The summed E-state index contributed by atoms with van der Waals surface area (Å²) in [7, 11) is 0. The summed E-state index contributed by atoms with van der Waals surface area (Å²) in [4.78, 5) is 19.5. The lowest BCUT2D eigenvalue weighted by Crippen LogP contribution is -2.34. The second-order valence-corrected chi connectivity index (χ2v) is 7.58. The number of aromatic nitrogens is 2. The Morgan fingerprint density at radius 1 is 1.32 bits per heavy atom. The van der Waals surface area contributed by atoms with E-state index in [-0.39, 0.29) is 11.3 Å². The third kappa shape index (κ3) is 2.34. The van der Waals surface area contributed by atoms with Crippen molar-refractivity contribution in [1.29, 1.82) is 0 Å². The van der Waals surface area contributed by atoms with Gasteiger partial charge >= 0.3 is 0 Å². The van der Waals surface area contributed by atoms with Crippen LogP contribution in [-0.4, -0.2) is 22.6 Å². The first-order chi connectivity index (χ1) is 11.8. The molecule has 6 heteroatoms. The van der Waals surface area contributed by atoms with E-state index in [2.05, 4.69) is 24.0 Å². The van der Waals surface area contributed by atoms with E-state index >= 15 is 0 Å². The molecule has 0 atom stereocenters. The normalized spacial score (nSPS) is 15.6. The summed E-state index contributed by atoms with van der Waals surface area (Å²) in [5.74, 6) is -0.0871. The van der Waals surface area contributed by atoms with Crippen molar-refractivity contribution in [3.05, 3.63) is 51.8 Å². The van der Waals surface area contributed by atoms with Crippen LogP contribution in [-0.2, 0) is 5.41 Å². The highest BCUT2D eigenvalue weighted by Gasteiger charge is 2.40. The number of aryl methyl sites for hydroxylation is 2. The predicted molar refractivity (Wildman–Crippen MR) is 97.4 cm³/mol. The Kier molecular flexibility index (Phi) is 3.41. The predicted octanol–water partition coefficient (Wildman–Crippen LogP) is 4.43. The van der Waals surface area contributed by atoms with Crippen molar-refractivity contribution in [2.24, 2.45) is 0 Å². The lowest BCUT2D eigenvalue weighted by atomic mass is 9.87. The molecule has 0 spiro atoms. The molecule has 2 aromatic heterocycles. The molecule has 25 heavy (non-hydrogen) atoms. The Balaban J connectivity index is 1.90. The van der Waals surface area contributed by atoms with E-state index in [0.29, 0.717) is 33.9 Å². The number of amides is 1. The van der Waals surface area contributed by atoms with Crippen LogP contribution in [0.4, 0.5) is 5.69 Å². The zero-order valence-electron chi connectivity index (χ0n) is 14.6. The number of nitrogens with zero attached hydrogens (tertiary/aromatic N) is 3. The highest BCUT2D eigenvalue weighted by atomic mass is 35.5. The molecule has 0 aliphatic carbocycles. The molecule has 0 saturated carbocycles. The van der Waals surface area contributed by atoms with E-state index in [4.69, 9.17) is 16.1 Å².